The average Bonchev–Trinajstić information content (AvgIpc) is 2.01. The monoisotopic (exact) mass is 443 g/mol. The van der Waals surface area contributed by atoms with Crippen LogP contribution in [0.2, 0.25) is 0 Å². The third-order valence-corrected chi connectivity index (χ3v) is 0. The van der Waals surface area contributed by atoms with Crippen molar-refractivity contribution >= 4 is 22.5 Å². The summed E-state index contributed by atoms with van der Waals surface area (Å²) in [5.41, 5.74) is 0. The number of hydrogen-bond donors (Lipinski definition) is 0. The summed E-state index contributed by atoms with van der Waals surface area (Å²) in [5.74, 6) is 0. The molecule has 0 spiro atoms. The van der Waals surface area contributed by atoms with E-state index >= 15 is 0 Å². The fourth-order valence-electron chi connectivity index (χ4n) is 0. The first-order valence-corrected chi connectivity index (χ1v) is 3.56. The van der Waals surface area contributed by atoms with E-state index in [4.69, 9.17) is 64.4 Å². The summed E-state index contributed by atoms with van der Waals surface area (Å²) < 4.78 is 8.34. The van der Waals surface area contributed by atoms with Gasteiger partial charge in [0.2, 0.25) is 0 Å². The van der Waals surface area contributed by atoms with Crippen LogP contribution in [-0.2, 0) is 19.9 Å². The number of rotatable bonds is 0. The molecule has 0 rings (SSSR count). The normalized spacial score (nSPS) is 5.37. The van der Waals surface area contributed by atoms with Gasteiger partial charge in [-0.3, -0.25) is 0 Å². The third-order valence-electron chi connectivity index (χ3n) is 0. The zero-order chi connectivity index (χ0) is 16.3. The minimum atomic E-state index is -1.75. The zero-order valence-electron chi connectivity index (χ0n) is 7.93. The van der Waals surface area contributed by atoms with Crippen molar-refractivity contribution in [2.45, 2.75) is 0 Å². The Kier molecular flexibility index (Phi) is 68.2. The summed E-state index contributed by atoms with van der Waals surface area (Å²) >= 11 is 0.300. The maximum atomic E-state index is 8.34. The fourth-order valence-corrected chi connectivity index (χ4v) is 0. The van der Waals surface area contributed by atoms with E-state index in [0.717, 1.165) is 0 Å². The van der Waals surface area contributed by atoms with Gasteiger partial charge < -0.3 is 61.3 Å². The van der Waals surface area contributed by atoms with Crippen molar-refractivity contribution in [2.24, 2.45) is 0 Å². The molecule has 0 bridgehead atoms. The molecule has 0 atom stereocenters. The van der Waals surface area contributed by atoms with Crippen LogP contribution >= 0.6 is 0 Å². The maximum absolute atomic E-state index is 8.34. The Morgan fingerprint density at radius 1 is 0.474 bits per heavy atom. The van der Waals surface area contributed by atoms with Crippen molar-refractivity contribution in [3.8, 4) is 0 Å². The Balaban J connectivity index is -0.0000000279. The SMILES string of the molecule is O=[N+]([O-])[O-].O=[N+]([O-])[O-].O=[N+]([O-])[O-].O=[N+]([O-])[O-].[Co+2].[O]=[Sn+2]. The summed E-state index contributed by atoms with van der Waals surface area (Å²) in [6.07, 6.45) is 0. The van der Waals surface area contributed by atoms with Crippen molar-refractivity contribution < 1.29 is 40.2 Å². The van der Waals surface area contributed by atoms with Gasteiger partial charge in [0.05, 0.1) is 20.3 Å². The molecular formula is CoN4O13Sn. The first kappa shape index (κ1) is 36.0. The minimum absolute atomic E-state index is 0. The average molecular weight is 442 g/mol. The summed E-state index contributed by atoms with van der Waals surface area (Å²) in [7, 11) is 0. The molecule has 0 fully saturated rings. The molecule has 0 heterocycles. The molecule has 0 aliphatic heterocycles. The molecule has 17 nitrogen and oxygen atoms in total. The second kappa shape index (κ2) is 36.0. The van der Waals surface area contributed by atoms with Gasteiger partial charge >= 0.3 is 42.4 Å². The Bertz CT molecular complexity index is 177. The molecule has 19 heavy (non-hydrogen) atoms. The molecule has 0 aromatic carbocycles. The van der Waals surface area contributed by atoms with Gasteiger partial charge in [0.15, 0.2) is 0 Å². The van der Waals surface area contributed by atoms with E-state index < -0.39 is 20.3 Å². The van der Waals surface area contributed by atoms with Crippen LogP contribution in [0.5, 0.6) is 0 Å². The second-order valence-electron chi connectivity index (χ2n) is 0.894. The predicted octanol–water partition coefficient (Wildman–Crippen LogP) is -1.46. The van der Waals surface area contributed by atoms with Gasteiger partial charge in [0.25, 0.3) is 0 Å². The molecule has 111 valence electrons. The van der Waals surface area contributed by atoms with Gasteiger partial charge in [0, 0.05) is 0 Å². The van der Waals surface area contributed by atoms with Gasteiger partial charge in [-0.2, -0.15) is 0 Å². The molecule has 0 saturated heterocycles. The molecule has 0 aromatic heterocycles. The third kappa shape index (κ3) is 701. The Morgan fingerprint density at radius 2 is 0.474 bits per heavy atom. The van der Waals surface area contributed by atoms with Crippen LogP contribution < -0.4 is 0 Å². The molecule has 0 aliphatic rings. The van der Waals surface area contributed by atoms with Crippen molar-refractivity contribution in [1.29, 1.82) is 0 Å². The van der Waals surface area contributed by atoms with Crippen LogP contribution in [0.1, 0.15) is 0 Å². The summed E-state index contributed by atoms with van der Waals surface area (Å²) in [6.45, 7) is 0. The molecule has 19 heteroatoms. The Morgan fingerprint density at radius 3 is 0.474 bits per heavy atom. The van der Waals surface area contributed by atoms with Gasteiger partial charge in [-0.25, -0.2) is 0 Å². The summed E-state index contributed by atoms with van der Waals surface area (Å²) in [4.78, 5) is 33.0. The van der Waals surface area contributed by atoms with Crippen LogP contribution in [0.25, 0.3) is 0 Å². The molecule has 0 saturated carbocycles. The van der Waals surface area contributed by atoms with Crippen molar-refractivity contribution in [2.75, 3.05) is 0 Å². The van der Waals surface area contributed by atoms with Crippen molar-refractivity contribution in [1.82, 2.24) is 0 Å². The van der Waals surface area contributed by atoms with Crippen LogP contribution in [0.4, 0.5) is 0 Å². The molecule has 1 radical (unpaired) electrons. The Hall–Kier alpha value is -2.09. The first-order chi connectivity index (χ1) is 7.93. The van der Waals surface area contributed by atoms with E-state index in [0.29, 0.717) is 22.5 Å². The number of nitrogens with zero attached hydrogens (tertiary/aromatic N) is 4. The van der Waals surface area contributed by atoms with Crippen LogP contribution in [0.3, 0.4) is 0 Å². The summed E-state index contributed by atoms with van der Waals surface area (Å²) in [5, 5.41) is 59.0. The van der Waals surface area contributed by atoms with Crippen LogP contribution in [-0.4, -0.2) is 42.9 Å². The topological polar surface area (TPSA) is 282 Å². The van der Waals surface area contributed by atoms with Crippen LogP contribution in [0.15, 0.2) is 0 Å². The van der Waals surface area contributed by atoms with Crippen molar-refractivity contribution in [3.05, 3.63) is 61.3 Å². The van der Waals surface area contributed by atoms with E-state index in [1.807, 2.05) is 0 Å². The number of hydrogen-bond acceptors (Lipinski definition) is 13. The van der Waals surface area contributed by atoms with E-state index in [9.17, 15) is 0 Å². The van der Waals surface area contributed by atoms with Gasteiger partial charge in [-0.15, -0.1) is 0 Å². The molecule has 0 amide bonds. The standard InChI is InChI=1S/Co.4NO3.O.Sn/c;4*2-1(3)4;;/q+2;4*-1;;+2. The molecule has 0 aliphatic carbocycles. The molecular weight excluding hydrogens is 442 g/mol. The zero-order valence-corrected chi connectivity index (χ0v) is 11.8. The van der Waals surface area contributed by atoms with E-state index in [2.05, 4.69) is 0 Å². The predicted molar refractivity (Wildman–Crippen MR) is 47.9 cm³/mol. The van der Waals surface area contributed by atoms with Gasteiger partial charge in [-0.05, 0) is 0 Å². The molecule has 0 unspecified atom stereocenters. The van der Waals surface area contributed by atoms with E-state index in [1.54, 1.807) is 0 Å². The first-order valence-electron chi connectivity index (χ1n) is 2.40. The Labute approximate surface area is 124 Å². The van der Waals surface area contributed by atoms with E-state index in [1.165, 1.54) is 0 Å². The van der Waals surface area contributed by atoms with Crippen molar-refractivity contribution in [3.63, 3.8) is 0 Å². The van der Waals surface area contributed by atoms with Gasteiger partial charge in [-0.1, -0.05) is 0 Å². The molecule has 0 N–H and O–H groups in total. The van der Waals surface area contributed by atoms with Gasteiger partial charge in [0.1, 0.15) is 0 Å². The quantitative estimate of drug-likeness (QED) is 0.236. The van der Waals surface area contributed by atoms with Crippen LogP contribution in [0, 0.1) is 61.3 Å². The molecule has 0 aromatic rings. The van der Waals surface area contributed by atoms with E-state index in [-0.39, 0.29) is 16.8 Å². The second-order valence-corrected chi connectivity index (χ2v) is 0.894. The fraction of sp³-hybridized carbons (Fsp3) is 0. The summed E-state index contributed by atoms with van der Waals surface area (Å²) in [6, 6.07) is 0.